The summed E-state index contributed by atoms with van der Waals surface area (Å²) in [5.74, 6) is -3.19. The van der Waals surface area contributed by atoms with Gasteiger partial charge in [0.15, 0.2) is 11.5 Å². The number of anilines is 1. The fourth-order valence-corrected chi connectivity index (χ4v) is 4.13. The molecule has 0 radical (unpaired) electrons. The second-order valence-electron chi connectivity index (χ2n) is 8.91. The molecule has 10 nitrogen and oxygen atoms in total. The highest BCUT2D eigenvalue weighted by molar-refractivity contribution is 6.39. The first kappa shape index (κ1) is 30.4. The standard InChI is InChI=1S/C29H21F4N3O7/c1-3-5-17-12-16(13-21-26(37)34-28(39)35(27(21)38)20-9-7-19(30)8-10-20)14-24(42-4-2)25(17)43-23-11-6-18(29(31,32)33)15-22(23)36(40)41/h3,6-15H,1,4-5H2,2H3,(H,34,37,39)/b21-13+. The minimum atomic E-state index is -4.83. The zero-order chi connectivity index (χ0) is 31.5. The summed E-state index contributed by atoms with van der Waals surface area (Å²) in [6, 6.07) is 7.98. The van der Waals surface area contributed by atoms with Gasteiger partial charge in [0, 0.05) is 11.6 Å². The van der Waals surface area contributed by atoms with Crippen LogP contribution in [0.15, 0.2) is 72.8 Å². The van der Waals surface area contributed by atoms with Gasteiger partial charge in [-0.1, -0.05) is 6.08 Å². The van der Waals surface area contributed by atoms with Crippen LogP contribution in [0.3, 0.4) is 0 Å². The van der Waals surface area contributed by atoms with Crippen LogP contribution < -0.4 is 19.7 Å². The molecular formula is C29H21F4N3O7. The number of amides is 4. The molecule has 0 atom stereocenters. The van der Waals surface area contributed by atoms with Crippen molar-refractivity contribution in [3.63, 3.8) is 0 Å². The lowest BCUT2D eigenvalue weighted by atomic mass is 10.0. The zero-order valence-corrected chi connectivity index (χ0v) is 22.2. The van der Waals surface area contributed by atoms with E-state index in [1.807, 2.05) is 5.32 Å². The summed E-state index contributed by atoms with van der Waals surface area (Å²) in [5.41, 5.74) is -2.13. The Balaban J connectivity index is 1.80. The van der Waals surface area contributed by atoms with Gasteiger partial charge >= 0.3 is 17.9 Å². The van der Waals surface area contributed by atoms with Crippen LogP contribution >= 0.6 is 0 Å². The van der Waals surface area contributed by atoms with Gasteiger partial charge in [0.25, 0.3) is 11.8 Å². The van der Waals surface area contributed by atoms with Crippen LogP contribution in [0, 0.1) is 15.9 Å². The van der Waals surface area contributed by atoms with Crippen LogP contribution in [0.2, 0.25) is 0 Å². The number of halogens is 4. The SMILES string of the molecule is C=CCc1cc(/C=C2\C(=O)NC(=O)N(c3ccc(F)cc3)C2=O)cc(OCC)c1Oc1ccc(C(F)(F)F)cc1[N+](=O)[O-]. The van der Waals surface area contributed by atoms with Crippen molar-refractivity contribution in [2.75, 3.05) is 11.5 Å². The van der Waals surface area contributed by atoms with Gasteiger partial charge in [-0.05, 0) is 73.5 Å². The summed E-state index contributed by atoms with van der Waals surface area (Å²) < 4.78 is 64.3. The Kier molecular flexibility index (Phi) is 8.59. The topological polar surface area (TPSA) is 128 Å². The molecule has 1 heterocycles. The van der Waals surface area contributed by atoms with Crippen molar-refractivity contribution in [2.24, 2.45) is 0 Å². The molecule has 0 bridgehead atoms. The number of carbonyl (C=O) groups excluding carboxylic acids is 3. The van der Waals surface area contributed by atoms with Gasteiger partial charge in [0.1, 0.15) is 11.4 Å². The Hall–Kier alpha value is -5.53. The van der Waals surface area contributed by atoms with Crippen LogP contribution in [0.5, 0.6) is 17.2 Å². The number of carbonyl (C=O) groups is 3. The lowest BCUT2D eigenvalue weighted by molar-refractivity contribution is -0.385. The third-order valence-corrected chi connectivity index (χ3v) is 6.01. The van der Waals surface area contributed by atoms with Crippen molar-refractivity contribution in [2.45, 2.75) is 19.5 Å². The van der Waals surface area contributed by atoms with Crippen LogP contribution in [-0.2, 0) is 22.2 Å². The monoisotopic (exact) mass is 599 g/mol. The van der Waals surface area contributed by atoms with E-state index in [-0.39, 0.29) is 41.3 Å². The molecule has 222 valence electrons. The van der Waals surface area contributed by atoms with Crippen LogP contribution in [0.25, 0.3) is 6.08 Å². The summed E-state index contributed by atoms with van der Waals surface area (Å²) in [6.07, 6.45) is -2.15. The summed E-state index contributed by atoms with van der Waals surface area (Å²) >= 11 is 0. The maximum Gasteiger partial charge on any atom is 0.416 e. The van der Waals surface area contributed by atoms with Crippen LogP contribution in [0.4, 0.5) is 33.7 Å². The Morgan fingerprint density at radius 3 is 2.35 bits per heavy atom. The average Bonchev–Trinajstić information content (AvgIpc) is 2.93. The number of alkyl halides is 3. The molecule has 43 heavy (non-hydrogen) atoms. The molecule has 1 fully saturated rings. The smallest absolute Gasteiger partial charge is 0.416 e. The maximum atomic E-state index is 13.4. The molecule has 0 aliphatic carbocycles. The van der Waals surface area contributed by atoms with E-state index in [9.17, 15) is 42.1 Å². The van der Waals surface area contributed by atoms with Crippen molar-refractivity contribution >= 4 is 35.3 Å². The van der Waals surface area contributed by atoms with Gasteiger partial charge in [-0.2, -0.15) is 13.2 Å². The molecule has 14 heteroatoms. The molecule has 1 saturated heterocycles. The number of nitrogens with one attached hydrogen (secondary N) is 1. The minimum absolute atomic E-state index is 0.00605. The average molecular weight is 599 g/mol. The third-order valence-electron chi connectivity index (χ3n) is 6.01. The first-order valence-corrected chi connectivity index (χ1v) is 12.4. The maximum absolute atomic E-state index is 13.4. The Bertz CT molecular complexity index is 1670. The molecule has 1 aliphatic rings. The van der Waals surface area contributed by atoms with E-state index in [0.29, 0.717) is 17.0 Å². The largest absolute Gasteiger partial charge is 0.490 e. The second kappa shape index (κ2) is 12.1. The zero-order valence-electron chi connectivity index (χ0n) is 22.2. The molecule has 3 aromatic carbocycles. The van der Waals surface area contributed by atoms with E-state index in [1.165, 1.54) is 36.4 Å². The molecule has 4 amide bonds. The van der Waals surface area contributed by atoms with E-state index in [0.717, 1.165) is 18.2 Å². The Labute approximate surface area is 241 Å². The summed E-state index contributed by atoms with van der Waals surface area (Å²) in [4.78, 5) is 49.6. The van der Waals surface area contributed by atoms with E-state index in [2.05, 4.69) is 6.58 Å². The Morgan fingerprint density at radius 2 is 1.74 bits per heavy atom. The lowest BCUT2D eigenvalue weighted by Gasteiger charge is -2.26. The third kappa shape index (κ3) is 6.53. The molecular weight excluding hydrogens is 578 g/mol. The molecule has 1 N–H and O–H groups in total. The lowest BCUT2D eigenvalue weighted by Crippen LogP contribution is -2.54. The number of nitro groups is 1. The van der Waals surface area contributed by atoms with E-state index < -0.39 is 57.3 Å². The number of nitro benzene ring substituents is 1. The quantitative estimate of drug-likeness (QED) is 0.0759. The van der Waals surface area contributed by atoms with E-state index in [1.54, 1.807) is 6.92 Å². The summed E-state index contributed by atoms with van der Waals surface area (Å²) in [6.45, 7) is 5.34. The highest BCUT2D eigenvalue weighted by Crippen LogP contribution is 2.42. The number of hydrogen-bond donors (Lipinski definition) is 1. The number of ether oxygens (including phenoxy) is 2. The van der Waals surface area contributed by atoms with Gasteiger partial charge in [-0.15, -0.1) is 6.58 Å². The number of nitrogens with zero attached hydrogens (tertiary/aromatic N) is 2. The number of rotatable bonds is 9. The first-order chi connectivity index (χ1) is 20.3. The fourth-order valence-electron chi connectivity index (χ4n) is 4.13. The number of urea groups is 1. The van der Waals surface area contributed by atoms with Gasteiger partial charge in [-0.3, -0.25) is 25.0 Å². The van der Waals surface area contributed by atoms with Crippen molar-refractivity contribution in [1.29, 1.82) is 0 Å². The molecule has 0 spiro atoms. The van der Waals surface area contributed by atoms with Gasteiger partial charge in [-0.25, -0.2) is 14.1 Å². The Morgan fingerprint density at radius 1 is 1.05 bits per heavy atom. The number of imide groups is 2. The van der Waals surface area contributed by atoms with E-state index >= 15 is 0 Å². The second-order valence-corrected chi connectivity index (χ2v) is 8.91. The normalized spacial score (nSPS) is 14.5. The predicted octanol–water partition coefficient (Wildman–Crippen LogP) is 6.34. The number of hydrogen-bond acceptors (Lipinski definition) is 7. The summed E-state index contributed by atoms with van der Waals surface area (Å²) in [5, 5.41) is 13.7. The first-order valence-electron chi connectivity index (χ1n) is 12.4. The molecule has 0 aromatic heterocycles. The van der Waals surface area contributed by atoms with Crippen molar-refractivity contribution in [3.05, 3.63) is 105 Å². The van der Waals surface area contributed by atoms with E-state index in [4.69, 9.17) is 9.47 Å². The highest BCUT2D eigenvalue weighted by Gasteiger charge is 2.37. The predicted molar refractivity (Wildman–Crippen MR) is 145 cm³/mol. The highest BCUT2D eigenvalue weighted by atomic mass is 19.4. The molecule has 0 saturated carbocycles. The van der Waals surface area contributed by atoms with Gasteiger partial charge in [0.05, 0.1) is 22.8 Å². The molecule has 1 aliphatic heterocycles. The van der Waals surface area contributed by atoms with Crippen molar-refractivity contribution in [1.82, 2.24) is 5.32 Å². The number of allylic oxidation sites excluding steroid dienone is 1. The molecule has 4 rings (SSSR count). The number of barbiturate groups is 1. The fraction of sp³-hybridized carbons (Fsp3) is 0.138. The minimum Gasteiger partial charge on any atom is -0.490 e. The van der Waals surface area contributed by atoms with Crippen molar-refractivity contribution < 1.29 is 46.3 Å². The summed E-state index contributed by atoms with van der Waals surface area (Å²) in [7, 11) is 0. The van der Waals surface area contributed by atoms with Crippen molar-refractivity contribution in [3.8, 4) is 17.2 Å². The van der Waals surface area contributed by atoms with Gasteiger partial charge < -0.3 is 9.47 Å². The van der Waals surface area contributed by atoms with Gasteiger partial charge in [0.2, 0.25) is 5.75 Å². The molecule has 0 unspecified atom stereocenters. The van der Waals surface area contributed by atoms with Crippen LogP contribution in [-0.4, -0.2) is 29.4 Å². The number of benzene rings is 3. The molecule has 3 aromatic rings. The van der Waals surface area contributed by atoms with Crippen LogP contribution in [0.1, 0.15) is 23.6 Å².